The lowest BCUT2D eigenvalue weighted by Crippen LogP contribution is -2.53. The first-order valence-corrected chi connectivity index (χ1v) is 9.41. The summed E-state index contributed by atoms with van der Waals surface area (Å²) in [6.45, 7) is 15.5. The quantitative estimate of drug-likeness (QED) is 0.779. The lowest BCUT2D eigenvalue weighted by molar-refractivity contribution is 0.112. The van der Waals surface area contributed by atoms with Gasteiger partial charge >= 0.3 is 0 Å². The molecule has 0 aromatic rings. The molecule has 2 fully saturated rings. The van der Waals surface area contributed by atoms with Gasteiger partial charge in [-0.3, -0.25) is 9.80 Å². The van der Waals surface area contributed by atoms with Gasteiger partial charge in [0, 0.05) is 31.2 Å². The third-order valence-corrected chi connectivity index (χ3v) is 5.73. The molecule has 124 valence electrons. The van der Waals surface area contributed by atoms with Gasteiger partial charge in [-0.15, -0.1) is 0 Å². The van der Waals surface area contributed by atoms with E-state index in [4.69, 9.17) is 0 Å². The number of rotatable bonds is 7. The van der Waals surface area contributed by atoms with Crippen molar-refractivity contribution >= 4 is 0 Å². The van der Waals surface area contributed by atoms with E-state index in [-0.39, 0.29) is 0 Å². The second-order valence-electron chi connectivity index (χ2n) is 7.20. The molecule has 3 nitrogen and oxygen atoms in total. The summed E-state index contributed by atoms with van der Waals surface area (Å²) in [6.07, 6.45) is 6.80. The van der Waals surface area contributed by atoms with Gasteiger partial charge in [0.05, 0.1) is 0 Å². The second kappa shape index (κ2) is 8.50. The summed E-state index contributed by atoms with van der Waals surface area (Å²) in [4.78, 5) is 5.46. The van der Waals surface area contributed by atoms with Crippen LogP contribution in [0.15, 0.2) is 0 Å². The monoisotopic (exact) mass is 295 g/mol. The minimum absolute atomic E-state index is 0.733. The maximum atomic E-state index is 3.84. The third-order valence-electron chi connectivity index (χ3n) is 5.73. The molecule has 3 heteroatoms. The molecule has 2 aliphatic rings. The Balaban J connectivity index is 1.94. The van der Waals surface area contributed by atoms with E-state index in [9.17, 15) is 0 Å². The highest BCUT2D eigenvalue weighted by molar-refractivity contribution is 4.95. The maximum absolute atomic E-state index is 3.84. The Hall–Kier alpha value is -0.120. The van der Waals surface area contributed by atoms with E-state index in [1.165, 1.54) is 64.8 Å². The first-order chi connectivity index (χ1) is 10.2. The fourth-order valence-electron chi connectivity index (χ4n) is 4.43. The molecule has 4 atom stereocenters. The fourth-order valence-corrected chi connectivity index (χ4v) is 4.43. The van der Waals surface area contributed by atoms with Crippen LogP contribution in [0.2, 0.25) is 0 Å². The molecule has 0 aromatic heterocycles. The van der Waals surface area contributed by atoms with Gasteiger partial charge in [0.1, 0.15) is 0 Å². The van der Waals surface area contributed by atoms with Gasteiger partial charge < -0.3 is 5.32 Å². The molecule has 0 spiro atoms. The molecule has 1 saturated carbocycles. The van der Waals surface area contributed by atoms with Crippen molar-refractivity contribution in [1.29, 1.82) is 0 Å². The molecule has 1 saturated heterocycles. The van der Waals surface area contributed by atoms with E-state index in [1.54, 1.807) is 0 Å². The normalized spacial score (nSPS) is 34.7. The van der Waals surface area contributed by atoms with Gasteiger partial charge in [0.2, 0.25) is 0 Å². The maximum Gasteiger partial charge on any atom is 0.0252 e. The number of likely N-dealkylation sites (tertiary alicyclic amines) is 1. The number of likely N-dealkylation sites (N-methyl/N-ethyl adjacent to an activating group) is 1. The van der Waals surface area contributed by atoms with Crippen LogP contribution in [-0.2, 0) is 0 Å². The molecule has 21 heavy (non-hydrogen) atoms. The van der Waals surface area contributed by atoms with Crippen LogP contribution in [0.1, 0.15) is 59.8 Å². The summed E-state index contributed by atoms with van der Waals surface area (Å²) in [5.74, 6) is 0.905. The molecule has 1 aliphatic carbocycles. The molecule has 0 amide bonds. The molecule has 2 rings (SSSR count). The fraction of sp³-hybridized carbons (Fsp3) is 1.00. The number of nitrogens with zero attached hydrogens (tertiary/aromatic N) is 2. The van der Waals surface area contributed by atoms with Crippen molar-refractivity contribution < 1.29 is 0 Å². The van der Waals surface area contributed by atoms with E-state index in [0.717, 1.165) is 24.0 Å². The smallest absolute Gasteiger partial charge is 0.0252 e. The Kier molecular flexibility index (Phi) is 6.97. The van der Waals surface area contributed by atoms with Gasteiger partial charge in [-0.05, 0) is 57.7 Å². The van der Waals surface area contributed by atoms with Crippen LogP contribution in [-0.4, -0.2) is 60.6 Å². The zero-order chi connectivity index (χ0) is 15.2. The van der Waals surface area contributed by atoms with Crippen molar-refractivity contribution in [2.45, 2.75) is 77.9 Å². The van der Waals surface area contributed by atoms with Crippen LogP contribution in [0, 0.1) is 5.92 Å². The summed E-state index contributed by atoms with van der Waals surface area (Å²) < 4.78 is 0. The average molecular weight is 296 g/mol. The van der Waals surface area contributed by atoms with E-state index in [1.807, 2.05) is 0 Å². The SMILES string of the molecule is CCCNC1CCC(C)CC1N1CCC(N(CC)CC)C1. The topological polar surface area (TPSA) is 18.5 Å². The number of nitrogens with one attached hydrogen (secondary N) is 1. The average Bonchev–Trinajstić information content (AvgIpc) is 2.97. The predicted octanol–water partition coefficient (Wildman–Crippen LogP) is 2.96. The molecule has 4 unspecified atom stereocenters. The van der Waals surface area contributed by atoms with Gasteiger partial charge in [-0.25, -0.2) is 0 Å². The minimum atomic E-state index is 0.733. The first-order valence-electron chi connectivity index (χ1n) is 9.41. The first kappa shape index (κ1) is 17.2. The Labute approximate surface area is 132 Å². The lowest BCUT2D eigenvalue weighted by atomic mass is 9.82. The van der Waals surface area contributed by atoms with Gasteiger partial charge in [0.15, 0.2) is 0 Å². The van der Waals surface area contributed by atoms with Gasteiger partial charge in [-0.2, -0.15) is 0 Å². The van der Waals surface area contributed by atoms with Crippen molar-refractivity contribution in [2.24, 2.45) is 5.92 Å². The highest BCUT2D eigenvalue weighted by Crippen LogP contribution is 2.30. The Morgan fingerprint density at radius 3 is 2.52 bits per heavy atom. The van der Waals surface area contributed by atoms with E-state index < -0.39 is 0 Å². The van der Waals surface area contributed by atoms with Crippen LogP contribution < -0.4 is 5.32 Å². The highest BCUT2D eigenvalue weighted by Gasteiger charge is 2.37. The largest absolute Gasteiger partial charge is 0.312 e. The van der Waals surface area contributed by atoms with E-state index in [2.05, 4.69) is 42.8 Å². The van der Waals surface area contributed by atoms with Crippen LogP contribution >= 0.6 is 0 Å². The Morgan fingerprint density at radius 2 is 1.86 bits per heavy atom. The third kappa shape index (κ3) is 4.43. The summed E-state index contributed by atoms with van der Waals surface area (Å²) in [6, 6.07) is 2.31. The molecule has 0 radical (unpaired) electrons. The van der Waals surface area contributed by atoms with E-state index in [0.29, 0.717) is 0 Å². The number of hydrogen-bond donors (Lipinski definition) is 1. The van der Waals surface area contributed by atoms with Crippen molar-refractivity contribution in [3.05, 3.63) is 0 Å². The molecule has 0 aromatic carbocycles. The zero-order valence-corrected chi connectivity index (χ0v) is 14.8. The summed E-state index contributed by atoms with van der Waals surface area (Å²) in [5, 5.41) is 3.84. The van der Waals surface area contributed by atoms with Crippen molar-refractivity contribution in [1.82, 2.24) is 15.1 Å². The van der Waals surface area contributed by atoms with Crippen molar-refractivity contribution in [3.8, 4) is 0 Å². The van der Waals surface area contributed by atoms with Crippen LogP contribution in [0.25, 0.3) is 0 Å². The molecular formula is C18H37N3. The summed E-state index contributed by atoms with van der Waals surface area (Å²) in [5.41, 5.74) is 0. The molecule has 0 bridgehead atoms. The Morgan fingerprint density at radius 1 is 1.10 bits per heavy atom. The summed E-state index contributed by atoms with van der Waals surface area (Å²) >= 11 is 0. The standard InChI is InChI=1S/C18H37N3/c1-5-11-19-17-9-8-15(4)13-18(17)21-12-10-16(14-21)20(6-2)7-3/h15-19H,5-14H2,1-4H3. The van der Waals surface area contributed by atoms with E-state index >= 15 is 0 Å². The number of hydrogen-bond acceptors (Lipinski definition) is 3. The molecule has 1 aliphatic heterocycles. The van der Waals surface area contributed by atoms with Crippen LogP contribution in [0.5, 0.6) is 0 Å². The summed E-state index contributed by atoms with van der Waals surface area (Å²) in [7, 11) is 0. The molecule has 1 N–H and O–H groups in total. The van der Waals surface area contributed by atoms with Crippen LogP contribution in [0.4, 0.5) is 0 Å². The second-order valence-corrected chi connectivity index (χ2v) is 7.20. The molecule has 1 heterocycles. The minimum Gasteiger partial charge on any atom is -0.312 e. The lowest BCUT2D eigenvalue weighted by Gasteiger charge is -2.41. The molecular weight excluding hydrogens is 258 g/mol. The predicted molar refractivity (Wildman–Crippen MR) is 91.8 cm³/mol. The van der Waals surface area contributed by atoms with Gasteiger partial charge in [-0.1, -0.05) is 27.7 Å². The highest BCUT2D eigenvalue weighted by atomic mass is 15.3. The zero-order valence-electron chi connectivity index (χ0n) is 14.8. The van der Waals surface area contributed by atoms with Crippen LogP contribution in [0.3, 0.4) is 0 Å². The van der Waals surface area contributed by atoms with Gasteiger partial charge in [0.25, 0.3) is 0 Å². The van der Waals surface area contributed by atoms with Crippen molar-refractivity contribution in [3.63, 3.8) is 0 Å². The Bertz CT molecular complexity index is 288. The van der Waals surface area contributed by atoms with Crippen molar-refractivity contribution in [2.75, 3.05) is 32.7 Å².